The van der Waals surface area contributed by atoms with Crippen LogP contribution in [0.3, 0.4) is 0 Å². The van der Waals surface area contributed by atoms with E-state index in [1.54, 1.807) is 6.08 Å². The molecule has 2 heteroatoms. The SMILES string of the molecule is C=CC1OC(O)C2CC12. The lowest BCUT2D eigenvalue weighted by Crippen LogP contribution is -2.13. The Labute approximate surface area is 54.1 Å². The van der Waals surface area contributed by atoms with Crippen LogP contribution in [0.15, 0.2) is 12.7 Å². The van der Waals surface area contributed by atoms with Gasteiger partial charge in [0.1, 0.15) is 0 Å². The maximum Gasteiger partial charge on any atom is 0.158 e. The first-order chi connectivity index (χ1) is 4.33. The highest BCUT2D eigenvalue weighted by Gasteiger charge is 2.54. The van der Waals surface area contributed by atoms with Crippen LogP contribution in [0.5, 0.6) is 0 Å². The van der Waals surface area contributed by atoms with E-state index in [0.717, 1.165) is 6.42 Å². The number of rotatable bonds is 1. The van der Waals surface area contributed by atoms with E-state index in [-0.39, 0.29) is 6.10 Å². The Balaban J connectivity index is 2.08. The summed E-state index contributed by atoms with van der Waals surface area (Å²) >= 11 is 0. The topological polar surface area (TPSA) is 29.5 Å². The van der Waals surface area contributed by atoms with Crippen LogP contribution < -0.4 is 0 Å². The fourth-order valence-corrected chi connectivity index (χ4v) is 1.53. The van der Waals surface area contributed by atoms with Crippen molar-refractivity contribution in [3.8, 4) is 0 Å². The van der Waals surface area contributed by atoms with Gasteiger partial charge in [-0.15, -0.1) is 6.58 Å². The minimum absolute atomic E-state index is 0.130. The van der Waals surface area contributed by atoms with Gasteiger partial charge in [0, 0.05) is 5.92 Å². The van der Waals surface area contributed by atoms with Gasteiger partial charge in [0.2, 0.25) is 0 Å². The molecule has 1 saturated heterocycles. The predicted molar refractivity (Wildman–Crippen MR) is 32.7 cm³/mol. The fraction of sp³-hybridized carbons (Fsp3) is 0.714. The van der Waals surface area contributed by atoms with Crippen LogP contribution in [0.25, 0.3) is 0 Å². The maximum absolute atomic E-state index is 9.07. The molecule has 1 saturated carbocycles. The lowest BCUT2D eigenvalue weighted by molar-refractivity contribution is -0.101. The summed E-state index contributed by atoms with van der Waals surface area (Å²) in [5.41, 5.74) is 0. The van der Waals surface area contributed by atoms with E-state index in [1.165, 1.54) is 0 Å². The zero-order chi connectivity index (χ0) is 6.43. The molecule has 1 aliphatic carbocycles. The third-order valence-corrected chi connectivity index (χ3v) is 2.21. The molecule has 0 bridgehead atoms. The second kappa shape index (κ2) is 1.58. The highest BCUT2D eigenvalue weighted by atomic mass is 16.6. The standard InChI is InChI=1S/C7H10O2/c1-2-6-4-3-5(4)7(8)9-6/h2,4-8H,1,3H2. The molecule has 0 aromatic heterocycles. The molecule has 1 aliphatic heterocycles. The van der Waals surface area contributed by atoms with E-state index in [1.807, 2.05) is 0 Å². The summed E-state index contributed by atoms with van der Waals surface area (Å²) in [6.07, 6.45) is 2.53. The number of hydrogen-bond acceptors (Lipinski definition) is 2. The molecule has 4 unspecified atom stereocenters. The molecule has 0 aromatic carbocycles. The molecule has 2 nitrogen and oxygen atoms in total. The largest absolute Gasteiger partial charge is 0.368 e. The van der Waals surface area contributed by atoms with Crippen LogP contribution in [0.2, 0.25) is 0 Å². The second-order valence-corrected chi connectivity index (χ2v) is 2.79. The van der Waals surface area contributed by atoms with E-state index in [9.17, 15) is 0 Å². The molecule has 0 amide bonds. The van der Waals surface area contributed by atoms with Gasteiger partial charge in [-0.2, -0.15) is 0 Å². The summed E-state index contributed by atoms with van der Waals surface area (Å²) in [5, 5.41) is 9.07. The van der Waals surface area contributed by atoms with E-state index < -0.39 is 6.29 Å². The van der Waals surface area contributed by atoms with Crippen molar-refractivity contribution in [2.75, 3.05) is 0 Å². The second-order valence-electron chi connectivity index (χ2n) is 2.79. The zero-order valence-electron chi connectivity index (χ0n) is 5.16. The van der Waals surface area contributed by atoms with Crippen LogP contribution in [-0.4, -0.2) is 17.5 Å². The van der Waals surface area contributed by atoms with Gasteiger partial charge in [0.25, 0.3) is 0 Å². The van der Waals surface area contributed by atoms with Crippen molar-refractivity contribution in [2.24, 2.45) is 11.8 Å². The average molecular weight is 126 g/mol. The van der Waals surface area contributed by atoms with Gasteiger partial charge in [0.15, 0.2) is 6.29 Å². The monoisotopic (exact) mass is 126 g/mol. The smallest absolute Gasteiger partial charge is 0.158 e. The highest BCUT2D eigenvalue weighted by molar-refractivity contribution is 5.05. The number of aliphatic hydroxyl groups excluding tert-OH is 1. The van der Waals surface area contributed by atoms with Crippen molar-refractivity contribution in [3.63, 3.8) is 0 Å². The summed E-state index contributed by atoms with van der Waals surface area (Å²) in [5.74, 6) is 1.01. The quantitative estimate of drug-likeness (QED) is 0.519. The summed E-state index contributed by atoms with van der Waals surface area (Å²) in [7, 11) is 0. The average Bonchev–Trinajstić information content (AvgIpc) is 2.56. The summed E-state index contributed by atoms with van der Waals surface area (Å²) in [6, 6.07) is 0. The van der Waals surface area contributed by atoms with Gasteiger partial charge in [0.05, 0.1) is 6.10 Å². The van der Waals surface area contributed by atoms with Crippen LogP contribution in [0.1, 0.15) is 6.42 Å². The Bertz CT molecular complexity index is 144. The zero-order valence-corrected chi connectivity index (χ0v) is 5.16. The van der Waals surface area contributed by atoms with Crippen molar-refractivity contribution in [2.45, 2.75) is 18.8 Å². The molecular formula is C7H10O2. The first-order valence-electron chi connectivity index (χ1n) is 3.29. The van der Waals surface area contributed by atoms with Crippen LogP contribution in [0, 0.1) is 11.8 Å². The van der Waals surface area contributed by atoms with Crippen molar-refractivity contribution in [3.05, 3.63) is 12.7 Å². The Morgan fingerprint density at radius 3 is 2.56 bits per heavy atom. The summed E-state index contributed by atoms with van der Waals surface area (Å²) in [6.45, 7) is 3.62. The highest BCUT2D eigenvalue weighted by Crippen LogP contribution is 2.51. The summed E-state index contributed by atoms with van der Waals surface area (Å²) in [4.78, 5) is 0. The van der Waals surface area contributed by atoms with E-state index in [0.29, 0.717) is 11.8 Å². The lowest BCUT2D eigenvalue weighted by atomic mass is 10.2. The molecule has 0 radical (unpaired) electrons. The molecule has 4 atom stereocenters. The molecule has 9 heavy (non-hydrogen) atoms. The van der Waals surface area contributed by atoms with Crippen molar-refractivity contribution in [1.29, 1.82) is 0 Å². The summed E-state index contributed by atoms with van der Waals surface area (Å²) < 4.78 is 5.11. The third-order valence-electron chi connectivity index (χ3n) is 2.21. The first-order valence-corrected chi connectivity index (χ1v) is 3.29. The lowest BCUT2D eigenvalue weighted by Gasteiger charge is -2.08. The van der Waals surface area contributed by atoms with E-state index in [2.05, 4.69) is 6.58 Å². The van der Waals surface area contributed by atoms with Crippen LogP contribution in [-0.2, 0) is 4.74 Å². The van der Waals surface area contributed by atoms with Crippen molar-refractivity contribution >= 4 is 0 Å². The van der Waals surface area contributed by atoms with Crippen molar-refractivity contribution in [1.82, 2.24) is 0 Å². The number of fused-ring (bicyclic) bond motifs is 1. The van der Waals surface area contributed by atoms with Gasteiger partial charge >= 0.3 is 0 Å². The number of hydrogen-bond donors (Lipinski definition) is 1. The molecule has 50 valence electrons. The maximum atomic E-state index is 9.07. The molecule has 2 rings (SSSR count). The molecule has 1 N–H and O–H groups in total. The minimum atomic E-state index is -0.502. The fourth-order valence-electron chi connectivity index (χ4n) is 1.53. The van der Waals surface area contributed by atoms with Crippen molar-refractivity contribution < 1.29 is 9.84 Å². The van der Waals surface area contributed by atoms with E-state index in [4.69, 9.17) is 9.84 Å². The normalized spacial score (nSPS) is 54.8. The van der Waals surface area contributed by atoms with Gasteiger partial charge in [-0.05, 0) is 12.3 Å². The number of ether oxygens (including phenoxy) is 1. The Hall–Kier alpha value is -0.340. The van der Waals surface area contributed by atoms with Gasteiger partial charge in [-0.1, -0.05) is 6.08 Å². The van der Waals surface area contributed by atoms with Gasteiger partial charge in [-0.3, -0.25) is 0 Å². The van der Waals surface area contributed by atoms with Gasteiger partial charge in [-0.25, -0.2) is 0 Å². The Morgan fingerprint density at radius 1 is 1.56 bits per heavy atom. The Morgan fingerprint density at radius 2 is 2.33 bits per heavy atom. The van der Waals surface area contributed by atoms with E-state index >= 15 is 0 Å². The third kappa shape index (κ3) is 0.635. The van der Waals surface area contributed by atoms with Crippen LogP contribution in [0.4, 0.5) is 0 Å². The minimum Gasteiger partial charge on any atom is -0.368 e. The first kappa shape index (κ1) is 5.45. The molecular weight excluding hydrogens is 116 g/mol. The number of aliphatic hydroxyl groups is 1. The predicted octanol–water partition coefficient (Wildman–Crippen LogP) is 0.526. The molecule has 0 aromatic rings. The molecule has 2 aliphatic rings. The Kier molecular flexibility index (Phi) is 0.957. The molecule has 1 heterocycles. The molecule has 0 spiro atoms. The van der Waals surface area contributed by atoms with Gasteiger partial charge < -0.3 is 9.84 Å². The molecule has 2 fully saturated rings. The van der Waals surface area contributed by atoms with Crippen LogP contribution >= 0.6 is 0 Å².